The average Bonchev–Trinajstić information content (AvgIpc) is 2.91. The fraction of sp³-hybridized carbons (Fsp3) is 0.214. The van der Waals surface area contributed by atoms with E-state index >= 15 is 0 Å². The standard InChI is InChI=1S/C28H25Cl3N2O5/c1-4-37-26-12-18(11-24(31)27(26)38-16-17-5-8-22(29)23(30)10-17)9-20(14-32)28(34)33-15-19-6-7-21(35-2)13-25(19)36-3/h5-13H,4,15-16H2,1-3H3,(H,33,34)/b20-9+. The summed E-state index contributed by atoms with van der Waals surface area (Å²) in [6.45, 7) is 2.49. The van der Waals surface area contributed by atoms with Gasteiger partial charge in [-0.15, -0.1) is 0 Å². The number of nitrogens with zero attached hydrogens (tertiary/aromatic N) is 1. The molecule has 0 atom stereocenters. The molecule has 38 heavy (non-hydrogen) atoms. The lowest BCUT2D eigenvalue weighted by Crippen LogP contribution is -2.24. The van der Waals surface area contributed by atoms with Crippen LogP contribution in [-0.2, 0) is 17.9 Å². The number of methoxy groups -OCH3 is 2. The third kappa shape index (κ3) is 7.48. The summed E-state index contributed by atoms with van der Waals surface area (Å²) in [7, 11) is 3.08. The zero-order valence-corrected chi connectivity index (χ0v) is 23.2. The van der Waals surface area contributed by atoms with Crippen LogP contribution in [-0.4, -0.2) is 26.7 Å². The molecular formula is C28H25Cl3N2O5. The van der Waals surface area contributed by atoms with Gasteiger partial charge in [0.15, 0.2) is 11.5 Å². The molecule has 3 rings (SSSR count). The predicted octanol–water partition coefficient (Wildman–Crippen LogP) is 6.87. The Kier molecular flexibility index (Phi) is 10.5. The van der Waals surface area contributed by atoms with Crippen LogP contribution in [0.3, 0.4) is 0 Å². The van der Waals surface area contributed by atoms with Gasteiger partial charge in [0.05, 0.1) is 35.9 Å². The van der Waals surface area contributed by atoms with Crippen molar-refractivity contribution in [1.82, 2.24) is 5.32 Å². The van der Waals surface area contributed by atoms with Gasteiger partial charge in [0.1, 0.15) is 29.7 Å². The maximum absolute atomic E-state index is 12.8. The Labute approximate surface area is 236 Å². The Morgan fingerprint density at radius 2 is 1.74 bits per heavy atom. The molecule has 0 spiro atoms. The molecule has 0 heterocycles. The minimum atomic E-state index is -0.556. The molecule has 7 nitrogen and oxygen atoms in total. The average molecular weight is 576 g/mol. The van der Waals surface area contributed by atoms with Gasteiger partial charge in [0.25, 0.3) is 5.91 Å². The Balaban J connectivity index is 1.79. The number of carbonyl (C=O) groups excluding carboxylic acids is 1. The van der Waals surface area contributed by atoms with Crippen molar-refractivity contribution < 1.29 is 23.7 Å². The van der Waals surface area contributed by atoms with Crippen LogP contribution in [0.2, 0.25) is 15.1 Å². The fourth-order valence-electron chi connectivity index (χ4n) is 3.44. The first-order chi connectivity index (χ1) is 18.3. The van der Waals surface area contributed by atoms with E-state index in [-0.39, 0.29) is 23.7 Å². The van der Waals surface area contributed by atoms with E-state index in [1.165, 1.54) is 13.2 Å². The number of halogens is 3. The second-order valence-electron chi connectivity index (χ2n) is 7.83. The largest absolute Gasteiger partial charge is 0.497 e. The van der Waals surface area contributed by atoms with Crippen molar-refractivity contribution in [2.75, 3.05) is 20.8 Å². The van der Waals surface area contributed by atoms with E-state index < -0.39 is 5.91 Å². The van der Waals surface area contributed by atoms with Crippen LogP contribution in [0.4, 0.5) is 0 Å². The summed E-state index contributed by atoms with van der Waals surface area (Å²) < 4.78 is 22.2. The Morgan fingerprint density at radius 3 is 2.39 bits per heavy atom. The van der Waals surface area contributed by atoms with Crippen molar-refractivity contribution in [3.05, 3.63) is 85.9 Å². The Bertz CT molecular complexity index is 1390. The second kappa shape index (κ2) is 13.8. The van der Waals surface area contributed by atoms with Gasteiger partial charge in [-0.2, -0.15) is 5.26 Å². The minimum absolute atomic E-state index is 0.111. The van der Waals surface area contributed by atoms with Crippen LogP contribution in [0.5, 0.6) is 23.0 Å². The molecule has 0 unspecified atom stereocenters. The molecule has 1 amide bonds. The summed E-state index contributed by atoms with van der Waals surface area (Å²) in [5.41, 5.74) is 1.90. The monoisotopic (exact) mass is 574 g/mol. The van der Waals surface area contributed by atoms with E-state index in [2.05, 4.69) is 5.32 Å². The third-order valence-electron chi connectivity index (χ3n) is 5.31. The van der Waals surface area contributed by atoms with Crippen molar-refractivity contribution in [3.63, 3.8) is 0 Å². The van der Waals surface area contributed by atoms with Crippen LogP contribution in [0, 0.1) is 11.3 Å². The molecule has 0 radical (unpaired) electrons. The van der Waals surface area contributed by atoms with E-state index in [9.17, 15) is 10.1 Å². The number of amides is 1. The first kappa shape index (κ1) is 29.0. The zero-order valence-electron chi connectivity index (χ0n) is 20.9. The van der Waals surface area contributed by atoms with E-state index in [0.717, 1.165) is 11.1 Å². The smallest absolute Gasteiger partial charge is 0.262 e. The Hall–Kier alpha value is -3.57. The number of hydrogen-bond acceptors (Lipinski definition) is 6. The van der Waals surface area contributed by atoms with Crippen molar-refractivity contribution in [2.45, 2.75) is 20.1 Å². The van der Waals surface area contributed by atoms with Gasteiger partial charge >= 0.3 is 0 Å². The van der Waals surface area contributed by atoms with Gasteiger partial charge in [-0.05, 0) is 60.5 Å². The number of carbonyl (C=O) groups is 1. The number of rotatable bonds is 11. The van der Waals surface area contributed by atoms with Crippen LogP contribution in [0.1, 0.15) is 23.6 Å². The predicted molar refractivity (Wildman–Crippen MR) is 148 cm³/mol. The molecule has 198 valence electrons. The number of ether oxygens (including phenoxy) is 4. The zero-order chi connectivity index (χ0) is 27.7. The lowest BCUT2D eigenvalue weighted by molar-refractivity contribution is -0.117. The number of hydrogen-bond donors (Lipinski definition) is 1. The molecule has 0 fully saturated rings. The van der Waals surface area contributed by atoms with Crippen molar-refractivity contribution in [3.8, 4) is 29.1 Å². The summed E-state index contributed by atoms with van der Waals surface area (Å²) in [5, 5.41) is 13.5. The highest BCUT2D eigenvalue weighted by atomic mass is 35.5. The summed E-state index contributed by atoms with van der Waals surface area (Å²) in [4.78, 5) is 12.8. The highest BCUT2D eigenvalue weighted by molar-refractivity contribution is 6.42. The van der Waals surface area contributed by atoms with E-state index in [4.69, 9.17) is 53.8 Å². The first-order valence-electron chi connectivity index (χ1n) is 11.4. The number of nitrogens with one attached hydrogen (secondary N) is 1. The summed E-state index contributed by atoms with van der Waals surface area (Å²) in [5.74, 6) is 1.32. The molecule has 0 aliphatic carbocycles. The van der Waals surface area contributed by atoms with Crippen molar-refractivity contribution in [1.29, 1.82) is 5.26 Å². The van der Waals surface area contributed by atoms with Gasteiger partial charge in [-0.1, -0.05) is 40.9 Å². The summed E-state index contributed by atoms with van der Waals surface area (Å²) in [6, 6.07) is 15.6. The molecule has 1 N–H and O–H groups in total. The molecule has 10 heteroatoms. The van der Waals surface area contributed by atoms with Gasteiger partial charge in [-0.3, -0.25) is 4.79 Å². The molecule has 0 saturated carbocycles. The number of nitriles is 1. The lowest BCUT2D eigenvalue weighted by Gasteiger charge is -2.15. The lowest BCUT2D eigenvalue weighted by atomic mass is 10.1. The SMILES string of the molecule is CCOc1cc(/C=C(\C#N)C(=O)NCc2ccc(OC)cc2OC)cc(Cl)c1OCc1ccc(Cl)c(Cl)c1. The van der Waals surface area contributed by atoms with Crippen LogP contribution in [0.15, 0.2) is 54.1 Å². The Morgan fingerprint density at radius 1 is 0.947 bits per heavy atom. The topological polar surface area (TPSA) is 89.8 Å². The van der Waals surface area contributed by atoms with Gasteiger partial charge < -0.3 is 24.3 Å². The minimum Gasteiger partial charge on any atom is -0.497 e. The molecule has 3 aromatic rings. The van der Waals surface area contributed by atoms with Crippen molar-refractivity contribution >= 4 is 46.8 Å². The highest BCUT2D eigenvalue weighted by Gasteiger charge is 2.16. The third-order valence-corrected chi connectivity index (χ3v) is 6.33. The normalized spacial score (nSPS) is 10.9. The van der Waals surface area contributed by atoms with Crippen LogP contribution in [0.25, 0.3) is 6.08 Å². The second-order valence-corrected chi connectivity index (χ2v) is 9.05. The van der Waals surface area contributed by atoms with Gasteiger partial charge in [-0.25, -0.2) is 0 Å². The van der Waals surface area contributed by atoms with E-state index in [1.54, 1.807) is 55.6 Å². The molecule has 0 saturated heterocycles. The maximum atomic E-state index is 12.8. The fourth-order valence-corrected chi connectivity index (χ4v) is 4.04. The maximum Gasteiger partial charge on any atom is 0.262 e. The first-order valence-corrected chi connectivity index (χ1v) is 12.6. The quantitative estimate of drug-likeness (QED) is 0.198. The molecular weight excluding hydrogens is 551 g/mol. The summed E-state index contributed by atoms with van der Waals surface area (Å²) >= 11 is 18.6. The van der Waals surface area contributed by atoms with Crippen LogP contribution < -0.4 is 24.3 Å². The molecule has 0 aromatic heterocycles. The highest BCUT2D eigenvalue weighted by Crippen LogP contribution is 2.38. The van der Waals surface area contributed by atoms with E-state index in [0.29, 0.717) is 45.2 Å². The van der Waals surface area contributed by atoms with Gasteiger partial charge in [0.2, 0.25) is 0 Å². The number of benzene rings is 3. The van der Waals surface area contributed by atoms with Crippen LogP contribution >= 0.6 is 34.8 Å². The molecule has 0 aliphatic rings. The van der Waals surface area contributed by atoms with E-state index in [1.807, 2.05) is 13.0 Å². The van der Waals surface area contributed by atoms with Crippen molar-refractivity contribution in [2.24, 2.45) is 0 Å². The molecule has 0 bridgehead atoms. The van der Waals surface area contributed by atoms with Gasteiger partial charge in [0, 0.05) is 18.2 Å². The molecule has 3 aromatic carbocycles. The molecule has 0 aliphatic heterocycles. The summed E-state index contributed by atoms with van der Waals surface area (Å²) in [6.07, 6.45) is 1.43.